The molecular weight excluding hydrogens is 338 g/mol. The number of aryl methyl sites for hydroxylation is 2. The van der Waals surface area contributed by atoms with E-state index in [9.17, 15) is 4.79 Å². The van der Waals surface area contributed by atoms with Gasteiger partial charge in [0.25, 0.3) is 5.91 Å². The summed E-state index contributed by atoms with van der Waals surface area (Å²) in [7, 11) is 0. The monoisotopic (exact) mass is 361 g/mol. The van der Waals surface area contributed by atoms with Crippen molar-refractivity contribution in [2.75, 3.05) is 31.1 Å². The molecule has 0 saturated carbocycles. The van der Waals surface area contributed by atoms with Crippen molar-refractivity contribution >= 4 is 11.9 Å². The van der Waals surface area contributed by atoms with Gasteiger partial charge in [0.1, 0.15) is 0 Å². The molecule has 1 fully saturated rings. The minimum atomic E-state index is 0.0794. The Balaban J connectivity index is 1.47. The first-order valence-electron chi connectivity index (χ1n) is 9.20. The summed E-state index contributed by atoms with van der Waals surface area (Å²) in [5, 5.41) is 0. The number of anilines is 1. The average Bonchev–Trinajstić information content (AvgIpc) is 3.10. The number of nitrogens with one attached hydrogen (secondary N) is 1. The third-order valence-electron chi connectivity index (χ3n) is 5.01. The zero-order valence-electron chi connectivity index (χ0n) is 15.6. The maximum Gasteiger partial charge on any atom is 0.255 e. The van der Waals surface area contributed by atoms with Gasteiger partial charge in [0, 0.05) is 50.0 Å². The predicted octanol–water partition coefficient (Wildman–Crippen LogP) is 3.05. The van der Waals surface area contributed by atoms with Gasteiger partial charge in [-0.1, -0.05) is 29.8 Å². The number of hydrogen-bond donors (Lipinski definition) is 1. The maximum absolute atomic E-state index is 13.0. The van der Waals surface area contributed by atoms with Crippen LogP contribution in [0.15, 0.2) is 48.8 Å². The fourth-order valence-corrected chi connectivity index (χ4v) is 3.40. The molecule has 0 aliphatic carbocycles. The summed E-state index contributed by atoms with van der Waals surface area (Å²) < 4.78 is 0. The van der Waals surface area contributed by atoms with Crippen LogP contribution in [-0.2, 0) is 0 Å². The summed E-state index contributed by atoms with van der Waals surface area (Å²) >= 11 is 0. The Bertz CT molecular complexity index is 925. The van der Waals surface area contributed by atoms with Gasteiger partial charge in [0.15, 0.2) is 0 Å². The highest BCUT2D eigenvalue weighted by atomic mass is 16.2. The Labute approximate surface area is 158 Å². The molecule has 1 saturated heterocycles. The summed E-state index contributed by atoms with van der Waals surface area (Å²) in [5.74, 6) is 0.805. The lowest BCUT2D eigenvalue weighted by Gasteiger charge is -2.34. The number of amides is 1. The fraction of sp³-hybridized carbons (Fsp3) is 0.286. The molecule has 1 aliphatic heterocycles. The second-order valence-electron chi connectivity index (χ2n) is 6.92. The number of aromatic amines is 1. The highest BCUT2D eigenvalue weighted by Crippen LogP contribution is 2.24. The molecule has 0 atom stereocenters. The largest absolute Gasteiger partial charge is 0.358 e. The minimum absolute atomic E-state index is 0.0794. The number of nitrogens with zero attached hydrogens (tertiary/aromatic N) is 4. The van der Waals surface area contributed by atoms with Crippen LogP contribution < -0.4 is 4.90 Å². The van der Waals surface area contributed by atoms with Gasteiger partial charge in [-0.3, -0.25) is 4.79 Å². The molecule has 1 aromatic carbocycles. The molecule has 4 rings (SSSR count). The molecule has 2 aromatic heterocycles. The Kier molecular flexibility index (Phi) is 4.62. The average molecular weight is 361 g/mol. The zero-order chi connectivity index (χ0) is 18.8. The van der Waals surface area contributed by atoms with Crippen LogP contribution >= 0.6 is 0 Å². The van der Waals surface area contributed by atoms with Gasteiger partial charge in [-0.25, -0.2) is 9.97 Å². The number of rotatable bonds is 3. The predicted molar refractivity (Wildman–Crippen MR) is 106 cm³/mol. The van der Waals surface area contributed by atoms with Crippen molar-refractivity contribution in [2.45, 2.75) is 13.8 Å². The van der Waals surface area contributed by atoms with E-state index in [0.29, 0.717) is 13.1 Å². The van der Waals surface area contributed by atoms with E-state index in [0.717, 1.165) is 41.6 Å². The molecule has 27 heavy (non-hydrogen) atoms. The highest BCUT2D eigenvalue weighted by Gasteiger charge is 2.25. The van der Waals surface area contributed by atoms with E-state index < -0.39 is 0 Å². The second-order valence-corrected chi connectivity index (χ2v) is 6.92. The summed E-state index contributed by atoms with van der Waals surface area (Å²) in [5.41, 5.74) is 4.94. The number of piperazine rings is 1. The molecule has 0 radical (unpaired) electrons. The van der Waals surface area contributed by atoms with Gasteiger partial charge >= 0.3 is 0 Å². The molecule has 0 bridgehead atoms. The quantitative estimate of drug-likeness (QED) is 0.779. The van der Waals surface area contributed by atoms with E-state index in [1.807, 2.05) is 24.0 Å². The Morgan fingerprint density at radius 1 is 1.00 bits per heavy atom. The van der Waals surface area contributed by atoms with Crippen molar-refractivity contribution < 1.29 is 4.79 Å². The molecule has 6 nitrogen and oxygen atoms in total. The number of aromatic nitrogens is 3. The molecule has 3 heterocycles. The molecule has 1 aliphatic rings. The van der Waals surface area contributed by atoms with Crippen molar-refractivity contribution in [3.8, 4) is 11.3 Å². The van der Waals surface area contributed by atoms with Crippen molar-refractivity contribution in [1.82, 2.24) is 19.9 Å². The molecule has 0 spiro atoms. The fourth-order valence-electron chi connectivity index (χ4n) is 3.40. The lowest BCUT2D eigenvalue weighted by molar-refractivity contribution is 0.0745. The molecule has 0 unspecified atom stereocenters. The molecule has 138 valence electrons. The van der Waals surface area contributed by atoms with Gasteiger partial charge < -0.3 is 14.8 Å². The Morgan fingerprint density at radius 2 is 1.67 bits per heavy atom. The van der Waals surface area contributed by atoms with E-state index >= 15 is 0 Å². The van der Waals surface area contributed by atoms with Crippen LogP contribution in [0.25, 0.3) is 11.3 Å². The third-order valence-corrected chi connectivity index (χ3v) is 5.01. The van der Waals surface area contributed by atoms with Crippen molar-refractivity contribution in [3.05, 3.63) is 65.6 Å². The normalized spacial score (nSPS) is 14.4. The van der Waals surface area contributed by atoms with Crippen LogP contribution in [0.2, 0.25) is 0 Å². The van der Waals surface area contributed by atoms with Crippen molar-refractivity contribution in [1.29, 1.82) is 0 Å². The lowest BCUT2D eigenvalue weighted by atomic mass is 10.1. The van der Waals surface area contributed by atoms with Crippen LogP contribution in [-0.4, -0.2) is 51.9 Å². The summed E-state index contributed by atoms with van der Waals surface area (Å²) in [6.07, 6.45) is 3.49. The summed E-state index contributed by atoms with van der Waals surface area (Å²) in [6.45, 7) is 6.84. The van der Waals surface area contributed by atoms with Crippen LogP contribution in [0.1, 0.15) is 21.6 Å². The molecule has 1 N–H and O–H groups in total. The van der Waals surface area contributed by atoms with Crippen molar-refractivity contribution in [2.24, 2.45) is 0 Å². The van der Waals surface area contributed by atoms with Gasteiger partial charge in [0.2, 0.25) is 5.95 Å². The van der Waals surface area contributed by atoms with Gasteiger partial charge in [-0.2, -0.15) is 0 Å². The first-order chi connectivity index (χ1) is 13.1. The van der Waals surface area contributed by atoms with Gasteiger partial charge in [0.05, 0.1) is 5.56 Å². The topological polar surface area (TPSA) is 65.1 Å². The Hall–Kier alpha value is -3.15. The number of carbonyl (C=O) groups excluding carboxylic acids is 1. The van der Waals surface area contributed by atoms with Gasteiger partial charge in [-0.05, 0) is 31.5 Å². The first-order valence-corrected chi connectivity index (χ1v) is 9.20. The second kappa shape index (κ2) is 7.23. The summed E-state index contributed by atoms with van der Waals surface area (Å²) in [6, 6.07) is 12.1. The molecule has 3 aromatic rings. The van der Waals surface area contributed by atoms with Gasteiger partial charge in [-0.15, -0.1) is 0 Å². The first kappa shape index (κ1) is 17.3. The standard InChI is InChI=1S/C21H23N5O/c1-15-4-6-17(7-5-15)19-14-18(16(2)24-19)20(27)25-10-12-26(13-11-25)21-22-8-3-9-23-21/h3-9,14,24H,10-13H2,1-2H3. The van der Waals surface area contributed by atoms with Crippen molar-refractivity contribution in [3.63, 3.8) is 0 Å². The van der Waals surface area contributed by atoms with Crippen LogP contribution in [0.4, 0.5) is 5.95 Å². The third kappa shape index (κ3) is 3.56. The molecular formula is C21H23N5O. The lowest BCUT2D eigenvalue weighted by Crippen LogP contribution is -2.49. The zero-order valence-corrected chi connectivity index (χ0v) is 15.6. The van der Waals surface area contributed by atoms with Crippen LogP contribution in [0.5, 0.6) is 0 Å². The van der Waals surface area contributed by atoms with Crippen LogP contribution in [0.3, 0.4) is 0 Å². The smallest absolute Gasteiger partial charge is 0.255 e. The number of benzene rings is 1. The minimum Gasteiger partial charge on any atom is -0.358 e. The highest BCUT2D eigenvalue weighted by molar-refractivity contribution is 5.97. The summed E-state index contributed by atoms with van der Waals surface area (Å²) in [4.78, 5) is 29.0. The number of H-pyrrole nitrogens is 1. The Morgan fingerprint density at radius 3 is 2.33 bits per heavy atom. The SMILES string of the molecule is Cc1ccc(-c2cc(C(=O)N3CCN(c4ncccn4)CC3)c(C)[nH]2)cc1. The number of carbonyl (C=O) groups is 1. The van der Waals surface area contributed by atoms with E-state index in [-0.39, 0.29) is 5.91 Å². The maximum atomic E-state index is 13.0. The van der Waals surface area contributed by atoms with E-state index in [2.05, 4.69) is 51.0 Å². The van der Waals surface area contributed by atoms with Crippen LogP contribution in [0, 0.1) is 13.8 Å². The molecule has 1 amide bonds. The molecule has 6 heteroatoms. The van der Waals surface area contributed by atoms with E-state index in [4.69, 9.17) is 0 Å². The number of hydrogen-bond acceptors (Lipinski definition) is 4. The van der Waals surface area contributed by atoms with E-state index in [1.165, 1.54) is 5.56 Å². The van der Waals surface area contributed by atoms with E-state index in [1.54, 1.807) is 12.4 Å².